The lowest BCUT2D eigenvalue weighted by Gasteiger charge is -2.40. The molecule has 0 radical (unpaired) electrons. The smallest absolute Gasteiger partial charge is 0.333 e. The molecule has 1 atom stereocenters. The van der Waals surface area contributed by atoms with Gasteiger partial charge in [-0.25, -0.2) is 9.36 Å². The molecule has 1 fully saturated rings. The number of hydrogen-bond donors (Lipinski definition) is 0. The molecule has 152 valence electrons. The number of fused-ring (bicyclic) bond motifs is 3. The van der Waals surface area contributed by atoms with Crippen molar-refractivity contribution in [2.45, 2.75) is 58.2 Å². The molecule has 1 saturated carbocycles. The minimum atomic E-state index is -0.630. The SMILES string of the molecule is COC(=O)Cn1c(=O)c2c(nc3n2C[C@H](C)CN3C2CCCCC2)n(C)c1=O. The van der Waals surface area contributed by atoms with Crippen LogP contribution in [0.15, 0.2) is 9.59 Å². The number of rotatable bonds is 3. The van der Waals surface area contributed by atoms with E-state index in [-0.39, 0.29) is 0 Å². The minimum Gasteiger partial charge on any atom is -0.468 e. The van der Waals surface area contributed by atoms with Crippen LogP contribution in [0.3, 0.4) is 0 Å². The van der Waals surface area contributed by atoms with Gasteiger partial charge >= 0.3 is 11.7 Å². The molecule has 0 aromatic carbocycles. The fraction of sp³-hybridized carbons (Fsp3) is 0.684. The van der Waals surface area contributed by atoms with Gasteiger partial charge in [0.05, 0.1) is 7.11 Å². The molecule has 0 saturated heterocycles. The Morgan fingerprint density at radius 3 is 2.57 bits per heavy atom. The van der Waals surface area contributed by atoms with E-state index in [0.717, 1.165) is 29.9 Å². The summed E-state index contributed by atoms with van der Waals surface area (Å²) < 4.78 is 8.88. The van der Waals surface area contributed by atoms with E-state index >= 15 is 0 Å². The Morgan fingerprint density at radius 1 is 1.18 bits per heavy atom. The van der Waals surface area contributed by atoms with Gasteiger partial charge in [0, 0.05) is 26.2 Å². The molecule has 0 unspecified atom stereocenters. The summed E-state index contributed by atoms with van der Waals surface area (Å²) in [6.07, 6.45) is 5.94. The highest BCUT2D eigenvalue weighted by molar-refractivity contribution is 5.76. The van der Waals surface area contributed by atoms with Crippen molar-refractivity contribution in [2.24, 2.45) is 13.0 Å². The standard InChI is InChI=1S/C19H27N5O4/c1-12-9-22(13-7-5-4-6-8-13)18-20-16-15(23(18)10-12)17(26)24(11-14(25)28-3)19(27)21(16)2/h12-13H,4-11H2,1-3H3/t12-/m1/s1. The van der Waals surface area contributed by atoms with Crippen molar-refractivity contribution < 1.29 is 9.53 Å². The van der Waals surface area contributed by atoms with Crippen molar-refractivity contribution in [1.29, 1.82) is 0 Å². The molecule has 2 aromatic heterocycles. The van der Waals surface area contributed by atoms with E-state index in [1.54, 1.807) is 7.05 Å². The molecule has 0 amide bonds. The van der Waals surface area contributed by atoms with Crippen LogP contribution in [-0.4, -0.2) is 44.4 Å². The summed E-state index contributed by atoms with van der Waals surface area (Å²) in [5.74, 6) is 0.495. The predicted octanol–water partition coefficient (Wildman–Crippen LogP) is 0.858. The topological polar surface area (TPSA) is 91.4 Å². The summed E-state index contributed by atoms with van der Waals surface area (Å²) in [6.45, 7) is 3.33. The summed E-state index contributed by atoms with van der Waals surface area (Å²) in [7, 11) is 2.83. The molecule has 0 spiro atoms. The molecule has 9 heteroatoms. The van der Waals surface area contributed by atoms with Gasteiger partial charge in [0.2, 0.25) is 5.95 Å². The molecule has 2 aromatic rings. The first-order chi connectivity index (χ1) is 13.4. The first-order valence-corrected chi connectivity index (χ1v) is 9.96. The highest BCUT2D eigenvalue weighted by Gasteiger charge is 2.33. The largest absolute Gasteiger partial charge is 0.468 e. The zero-order valence-corrected chi connectivity index (χ0v) is 16.7. The highest BCUT2D eigenvalue weighted by atomic mass is 16.5. The van der Waals surface area contributed by atoms with Crippen LogP contribution in [0.1, 0.15) is 39.0 Å². The molecule has 1 aliphatic carbocycles. The van der Waals surface area contributed by atoms with E-state index in [1.165, 1.54) is 30.9 Å². The van der Waals surface area contributed by atoms with Gasteiger partial charge in [0.25, 0.3) is 5.56 Å². The van der Waals surface area contributed by atoms with Crippen molar-refractivity contribution in [3.63, 3.8) is 0 Å². The van der Waals surface area contributed by atoms with Gasteiger partial charge in [-0.05, 0) is 18.8 Å². The summed E-state index contributed by atoms with van der Waals surface area (Å²) in [6, 6.07) is 0.418. The number of hydrogen-bond acceptors (Lipinski definition) is 6. The van der Waals surface area contributed by atoms with Gasteiger partial charge in [-0.3, -0.25) is 14.2 Å². The van der Waals surface area contributed by atoms with Crippen LogP contribution < -0.4 is 16.1 Å². The lowest BCUT2D eigenvalue weighted by Crippen LogP contribution is -2.45. The van der Waals surface area contributed by atoms with Crippen LogP contribution in [0.2, 0.25) is 0 Å². The molecule has 0 bridgehead atoms. The number of aryl methyl sites for hydroxylation is 1. The van der Waals surface area contributed by atoms with Gasteiger partial charge < -0.3 is 14.2 Å². The molecule has 9 nitrogen and oxygen atoms in total. The first-order valence-electron chi connectivity index (χ1n) is 9.96. The molecule has 28 heavy (non-hydrogen) atoms. The Labute approximate surface area is 162 Å². The monoisotopic (exact) mass is 389 g/mol. The number of esters is 1. The fourth-order valence-corrected chi connectivity index (χ4v) is 4.58. The average molecular weight is 389 g/mol. The highest BCUT2D eigenvalue weighted by Crippen LogP contribution is 2.32. The summed E-state index contributed by atoms with van der Waals surface area (Å²) in [5.41, 5.74) is -0.287. The normalized spacial score (nSPS) is 20.4. The molecule has 2 aliphatic rings. The Bertz CT molecular complexity index is 1030. The molecular formula is C19H27N5O4. The van der Waals surface area contributed by atoms with Crippen LogP contribution in [0, 0.1) is 5.92 Å². The zero-order chi connectivity index (χ0) is 20.0. The zero-order valence-electron chi connectivity index (χ0n) is 16.7. The van der Waals surface area contributed by atoms with Gasteiger partial charge in [0.1, 0.15) is 6.54 Å². The third-order valence-electron chi connectivity index (χ3n) is 6.00. The lowest BCUT2D eigenvalue weighted by atomic mass is 9.93. The van der Waals surface area contributed by atoms with E-state index in [0.29, 0.717) is 29.7 Å². The van der Waals surface area contributed by atoms with Crippen molar-refractivity contribution in [3.8, 4) is 0 Å². The number of methoxy groups -OCH3 is 1. The third kappa shape index (κ3) is 2.93. The van der Waals surface area contributed by atoms with Crippen LogP contribution >= 0.6 is 0 Å². The maximum atomic E-state index is 13.1. The van der Waals surface area contributed by atoms with E-state index in [4.69, 9.17) is 4.98 Å². The van der Waals surface area contributed by atoms with E-state index in [1.807, 2.05) is 4.57 Å². The maximum absolute atomic E-state index is 13.1. The van der Waals surface area contributed by atoms with Crippen molar-refractivity contribution in [1.82, 2.24) is 18.7 Å². The third-order valence-corrected chi connectivity index (χ3v) is 6.00. The van der Waals surface area contributed by atoms with Crippen LogP contribution in [0.4, 0.5) is 5.95 Å². The molecule has 3 heterocycles. The Hall–Kier alpha value is -2.58. The predicted molar refractivity (Wildman–Crippen MR) is 105 cm³/mol. The second-order valence-electron chi connectivity index (χ2n) is 8.05. The second-order valence-corrected chi connectivity index (χ2v) is 8.05. The number of carbonyl (C=O) groups excluding carboxylic acids is 1. The van der Waals surface area contributed by atoms with Gasteiger partial charge in [-0.15, -0.1) is 0 Å². The van der Waals surface area contributed by atoms with E-state index < -0.39 is 23.8 Å². The molecule has 0 N–H and O–H groups in total. The second kappa shape index (κ2) is 7.10. The average Bonchev–Trinajstić information content (AvgIpc) is 3.09. The Balaban J connectivity index is 1.91. The summed E-state index contributed by atoms with van der Waals surface area (Å²) in [4.78, 5) is 44.6. The number of nitrogens with zero attached hydrogens (tertiary/aromatic N) is 5. The first kappa shape index (κ1) is 18.8. The summed E-state index contributed by atoms with van der Waals surface area (Å²) in [5, 5.41) is 0. The van der Waals surface area contributed by atoms with Crippen LogP contribution in [0.25, 0.3) is 11.2 Å². The number of anilines is 1. The molecule has 4 rings (SSSR count). The van der Waals surface area contributed by atoms with Crippen molar-refractivity contribution in [2.75, 3.05) is 18.6 Å². The molecular weight excluding hydrogens is 362 g/mol. The number of carbonyl (C=O) groups is 1. The van der Waals surface area contributed by atoms with E-state index in [2.05, 4.69) is 16.6 Å². The van der Waals surface area contributed by atoms with Crippen LogP contribution in [-0.2, 0) is 29.7 Å². The lowest BCUT2D eigenvalue weighted by molar-refractivity contribution is -0.141. The van der Waals surface area contributed by atoms with Crippen molar-refractivity contribution in [3.05, 3.63) is 20.8 Å². The fourth-order valence-electron chi connectivity index (χ4n) is 4.58. The van der Waals surface area contributed by atoms with Crippen molar-refractivity contribution >= 4 is 23.1 Å². The summed E-state index contributed by atoms with van der Waals surface area (Å²) >= 11 is 0. The maximum Gasteiger partial charge on any atom is 0.333 e. The quantitative estimate of drug-likeness (QED) is 0.723. The minimum absolute atomic E-state index is 0.359. The number of imidazole rings is 1. The number of aromatic nitrogens is 4. The Kier molecular flexibility index (Phi) is 4.76. The Morgan fingerprint density at radius 2 is 1.89 bits per heavy atom. The van der Waals surface area contributed by atoms with Gasteiger partial charge in [-0.2, -0.15) is 4.98 Å². The van der Waals surface area contributed by atoms with Gasteiger partial charge in [-0.1, -0.05) is 26.2 Å². The van der Waals surface area contributed by atoms with Gasteiger partial charge in [0.15, 0.2) is 11.2 Å². The van der Waals surface area contributed by atoms with Crippen LogP contribution in [0.5, 0.6) is 0 Å². The molecule has 1 aliphatic heterocycles. The number of ether oxygens (including phenoxy) is 1. The van der Waals surface area contributed by atoms with E-state index in [9.17, 15) is 14.4 Å².